The maximum atomic E-state index is 12.3. The fourth-order valence-electron chi connectivity index (χ4n) is 2.24. The molecule has 1 amide bonds. The largest absolute Gasteiger partial charge is 0.302 e. The van der Waals surface area contributed by atoms with Gasteiger partial charge in [-0.2, -0.15) is 0 Å². The summed E-state index contributed by atoms with van der Waals surface area (Å²) < 4.78 is 24.5. The summed E-state index contributed by atoms with van der Waals surface area (Å²) in [6.45, 7) is 0. The molecule has 1 N–H and O–H groups in total. The molecular weight excluding hydrogens is 392 g/mol. The maximum absolute atomic E-state index is 12.3. The third-order valence-corrected chi connectivity index (χ3v) is 6.33. The van der Waals surface area contributed by atoms with Crippen molar-refractivity contribution in [2.24, 2.45) is 0 Å². The summed E-state index contributed by atoms with van der Waals surface area (Å²) in [7, 11) is -3.54. The Labute approximate surface area is 160 Å². The summed E-state index contributed by atoms with van der Waals surface area (Å²) in [5.74, 6) is -0.673. The van der Waals surface area contributed by atoms with Gasteiger partial charge in [-0.15, -0.1) is 11.3 Å². The van der Waals surface area contributed by atoms with Gasteiger partial charge in [0.1, 0.15) is 0 Å². The zero-order valence-electron chi connectivity index (χ0n) is 13.6. The van der Waals surface area contributed by atoms with Crippen molar-refractivity contribution < 1.29 is 13.2 Å². The maximum Gasteiger partial charge on any atom is 0.227 e. The first kappa shape index (κ1) is 18.6. The zero-order valence-corrected chi connectivity index (χ0v) is 15.9. The van der Waals surface area contributed by atoms with Gasteiger partial charge in [0.2, 0.25) is 5.91 Å². The molecule has 0 aliphatic heterocycles. The van der Waals surface area contributed by atoms with E-state index in [-0.39, 0.29) is 17.1 Å². The van der Waals surface area contributed by atoms with Gasteiger partial charge in [-0.25, -0.2) is 13.4 Å². The lowest BCUT2D eigenvalue weighted by Crippen LogP contribution is -2.17. The number of nitrogens with one attached hydrogen (secondary N) is 1. The minimum absolute atomic E-state index is 0.148. The number of sulfone groups is 1. The molecule has 1 aromatic heterocycles. The molecule has 0 saturated carbocycles. The number of carbonyl (C=O) groups is 1. The predicted octanol–water partition coefficient (Wildman–Crippen LogP) is 4.27. The number of anilines is 1. The molecule has 0 bridgehead atoms. The van der Waals surface area contributed by atoms with Crippen LogP contribution in [0, 0.1) is 0 Å². The fraction of sp³-hybridized carbons (Fsp3) is 0.111. The van der Waals surface area contributed by atoms with Crippen molar-refractivity contribution in [2.45, 2.75) is 11.3 Å². The number of halogens is 1. The average Bonchev–Trinajstić information content (AvgIpc) is 3.10. The van der Waals surface area contributed by atoms with E-state index >= 15 is 0 Å². The van der Waals surface area contributed by atoms with Crippen LogP contribution in [-0.4, -0.2) is 25.1 Å². The lowest BCUT2D eigenvalue weighted by atomic mass is 10.2. The van der Waals surface area contributed by atoms with Crippen molar-refractivity contribution in [1.82, 2.24) is 4.98 Å². The Morgan fingerprint density at radius 1 is 1.08 bits per heavy atom. The fourth-order valence-corrected chi connectivity index (χ4v) is 4.34. The van der Waals surface area contributed by atoms with E-state index in [1.54, 1.807) is 0 Å². The Morgan fingerprint density at radius 2 is 1.77 bits per heavy atom. The number of hydrogen-bond donors (Lipinski definition) is 1. The Balaban J connectivity index is 1.59. The van der Waals surface area contributed by atoms with Crippen LogP contribution in [0.1, 0.15) is 6.42 Å². The molecule has 0 saturated heterocycles. The number of hydrogen-bond acceptors (Lipinski definition) is 5. The molecule has 0 unspecified atom stereocenters. The monoisotopic (exact) mass is 406 g/mol. The second kappa shape index (κ2) is 7.99. The molecule has 3 aromatic rings. The van der Waals surface area contributed by atoms with Crippen molar-refractivity contribution in [2.75, 3.05) is 11.1 Å². The summed E-state index contributed by atoms with van der Waals surface area (Å²) in [6, 6.07) is 15.5. The van der Waals surface area contributed by atoms with Gasteiger partial charge < -0.3 is 5.32 Å². The Bertz CT molecular complexity index is 1000. The number of rotatable bonds is 6. The molecule has 5 nitrogen and oxygen atoms in total. The molecule has 0 atom stereocenters. The van der Waals surface area contributed by atoms with E-state index in [2.05, 4.69) is 10.3 Å². The SMILES string of the molecule is O=C(CCS(=O)(=O)c1ccc(Cl)cc1)Nc1nc(-c2ccccc2)cs1. The molecule has 2 aromatic carbocycles. The summed E-state index contributed by atoms with van der Waals surface area (Å²) >= 11 is 7.06. The van der Waals surface area contributed by atoms with E-state index in [9.17, 15) is 13.2 Å². The summed E-state index contributed by atoms with van der Waals surface area (Å²) in [6.07, 6.45) is -0.148. The van der Waals surface area contributed by atoms with Gasteiger partial charge in [0, 0.05) is 22.4 Å². The molecule has 8 heteroatoms. The average molecular weight is 407 g/mol. The number of nitrogens with zero attached hydrogens (tertiary/aromatic N) is 1. The Morgan fingerprint density at radius 3 is 2.46 bits per heavy atom. The van der Waals surface area contributed by atoms with Gasteiger partial charge in [-0.05, 0) is 24.3 Å². The highest BCUT2D eigenvalue weighted by Gasteiger charge is 2.17. The van der Waals surface area contributed by atoms with Crippen LogP contribution >= 0.6 is 22.9 Å². The van der Waals surface area contributed by atoms with Crippen molar-refractivity contribution in [3.63, 3.8) is 0 Å². The van der Waals surface area contributed by atoms with E-state index in [1.165, 1.54) is 35.6 Å². The smallest absolute Gasteiger partial charge is 0.227 e. The van der Waals surface area contributed by atoms with Crippen LogP contribution in [-0.2, 0) is 14.6 Å². The number of carbonyl (C=O) groups excluding carboxylic acids is 1. The summed E-state index contributed by atoms with van der Waals surface area (Å²) in [4.78, 5) is 16.6. The highest BCUT2D eigenvalue weighted by molar-refractivity contribution is 7.91. The Hall–Kier alpha value is -2.22. The minimum Gasteiger partial charge on any atom is -0.302 e. The number of thiazole rings is 1. The molecule has 1 heterocycles. The van der Waals surface area contributed by atoms with E-state index in [4.69, 9.17) is 11.6 Å². The molecule has 0 radical (unpaired) electrons. The predicted molar refractivity (Wildman–Crippen MR) is 104 cm³/mol. The van der Waals surface area contributed by atoms with Gasteiger partial charge in [0.25, 0.3) is 0 Å². The van der Waals surface area contributed by atoms with E-state index in [0.29, 0.717) is 10.2 Å². The highest BCUT2D eigenvalue weighted by Crippen LogP contribution is 2.24. The lowest BCUT2D eigenvalue weighted by molar-refractivity contribution is -0.115. The minimum atomic E-state index is -3.54. The van der Waals surface area contributed by atoms with Crippen LogP contribution in [0.15, 0.2) is 64.9 Å². The molecule has 0 fully saturated rings. The van der Waals surface area contributed by atoms with Crippen LogP contribution in [0.25, 0.3) is 11.3 Å². The Kier molecular flexibility index (Phi) is 5.70. The van der Waals surface area contributed by atoms with Crippen LogP contribution in [0.2, 0.25) is 5.02 Å². The van der Waals surface area contributed by atoms with Gasteiger partial charge in [-0.3, -0.25) is 4.79 Å². The van der Waals surface area contributed by atoms with Crippen LogP contribution in [0.5, 0.6) is 0 Å². The third kappa shape index (κ3) is 4.69. The molecule has 0 aliphatic rings. The van der Waals surface area contributed by atoms with E-state index in [0.717, 1.165) is 11.3 Å². The second-order valence-electron chi connectivity index (χ2n) is 5.47. The molecule has 0 spiro atoms. The number of benzene rings is 2. The van der Waals surface area contributed by atoms with Crippen molar-refractivity contribution in [3.8, 4) is 11.3 Å². The second-order valence-corrected chi connectivity index (χ2v) is 8.88. The van der Waals surface area contributed by atoms with Crippen molar-refractivity contribution >= 4 is 43.8 Å². The van der Waals surface area contributed by atoms with Gasteiger partial charge in [0.15, 0.2) is 15.0 Å². The number of aromatic nitrogens is 1. The molecule has 134 valence electrons. The van der Waals surface area contributed by atoms with E-state index in [1.807, 2.05) is 35.7 Å². The van der Waals surface area contributed by atoms with Crippen LogP contribution < -0.4 is 5.32 Å². The van der Waals surface area contributed by atoms with Crippen LogP contribution in [0.3, 0.4) is 0 Å². The van der Waals surface area contributed by atoms with Gasteiger partial charge in [0.05, 0.1) is 16.3 Å². The highest BCUT2D eigenvalue weighted by atomic mass is 35.5. The summed E-state index contributed by atoms with van der Waals surface area (Å²) in [5, 5.41) is 5.39. The number of amides is 1. The van der Waals surface area contributed by atoms with Gasteiger partial charge >= 0.3 is 0 Å². The quantitative estimate of drug-likeness (QED) is 0.663. The molecule has 3 rings (SSSR count). The lowest BCUT2D eigenvalue weighted by Gasteiger charge is -2.05. The normalized spacial score (nSPS) is 11.3. The molecule has 26 heavy (non-hydrogen) atoms. The first-order valence-corrected chi connectivity index (χ1v) is 10.6. The van der Waals surface area contributed by atoms with Crippen molar-refractivity contribution in [1.29, 1.82) is 0 Å². The molecule has 0 aliphatic carbocycles. The first-order chi connectivity index (χ1) is 12.4. The van der Waals surface area contributed by atoms with E-state index < -0.39 is 15.7 Å². The molecular formula is C18H15ClN2O3S2. The summed E-state index contributed by atoms with van der Waals surface area (Å²) in [5.41, 5.74) is 1.72. The van der Waals surface area contributed by atoms with Crippen LogP contribution in [0.4, 0.5) is 5.13 Å². The van der Waals surface area contributed by atoms with Crippen molar-refractivity contribution in [3.05, 3.63) is 65.0 Å². The topological polar surface area (TPSA) is 76.1 Å². The third-order valence-electron chi connectivity index (χ3n) is 3.59. The van der Waals surface area contributed by atoms with Gasteiger partial charge in [-0.1, -0.05) is 41.9 Å². The standard InChI is InChI=1S/C18H15ClN2O3S2/c19-14-6-8-15(9-7-14)26(23,24)11-10-17(22)21-18-20-16(12-25-18)13-4-2-1-3-5-13/h1-9,12H,10-11H2,(H,20,21,22). The zero-order chi connectivity index (χ0) is 18.6. The first-order valence-electron chi connectivity index (χ1n) is 7.73.